The number of carbonyl (C=O) groups excluding carboxylic acids is 2. The van der Waals surface area contributed by atoms with Crippen LogP contribution in [0, 0.1) is 6.92 Å². The van der Waals surface area contributed by atoms with Gasteiger partial charge in [0.25, 0.3) is 0 Å². The number of nitrogens with zero attached hydrogens (tertiary/aromatic N) is 4. The molecule has 0 N–H and O–H groups in total. The zero-order valence-corrected chi connectivity index (χ0v) is 16.6. The minimum atomic E-state index is -0.498. The van der Waals surface area contributed by atoms with Crippen molar-refractivity contribution in [2.45, 2.75) is 32.0 Å². The molecule has 2 atom stereocenters. The number of hydrogen-bond donors (Lipinski definition) is 0. The molecule has 2 aliphatic rings. The van der Waals surface area contributed by atoms with Gasteiger partial charge in [0.05, 0.1) is 32.3 Å². The van der Waals surface area contributed by atoms with Crippen molar-refractivity contribution in [3.63, 3.8) is 0 Å². The Morgan fingerprint density at radius 2 is 2.03 bits per heavy atom. The Labute approximate surface area is 169 Å². The fourth-order valence-electron chi connectivity index (χ4n) is 3.90. The summed E-state index contributed by atoms with van der Waals surface area (Å²) in [5.41, 5.74) is 1.99. The Kier molecular flexibility index (Phi) is 5.44. The third kappa shape index (κ3) is 4.07. The molecule has 0 aliphatic carbocycles. The van der Waals surface area contributed by atoms with Crippen molar-refractivity contribution in [2.24, 2.45) is 0 Å². The van der Waals surface area contributed by atoms with Gasteiger partial charge >= 0.3 is 5.97 Å². The second-order valence-electron chi connectivity index (χ2n) is 7.32. The van der Waals surface area contributed by atoms with Crippen molar-refractivity contribution in [1.29, 1.82) is 0 Å². The Balaban J connectivity index is 1.59. The third-order valence-corrected chi connectivity index (χ3v) is 5.32. The molecule has 0 saturated carbocycles. The standard InChI is InChI=1S/C21H24N4O4/c1-14-10-16(20(27)28-2)23-21(22-14)24-12-17-18(13-24)29-9-8-19(26)25(17)11-15-6-4-3-5-7-15/h3-7,10,17-18H,8-9,11-13H2,1-2H3/t17-,18-/m0/s1. The van der Waals surface area contributed by atoms with Crippen molar-refractivity contribution < 1.29 is 19.1 Å². The Hall–Kier alpha value is -3.00. The van der Waals surface area contributed by atoms with Crippen LogP contribution in [0.4, 0.5) is 5.95 Å². The van der Waals surface area contributed by atoms with Gasteiger partial charge in [-0.25, -0.2) is 14.8 Å². The van der Waals surface area contributed by atoms with Gasteiger partial charge in [0.1, 0.15) is 0 Å². The summed E-state index contributed by atoms with van der Waals surface area (Å²) in [5, 5.41) is 0. The number of aryl methyl sites for hydroxylation is 1. The summed E-state index contributed by atoms with van der Waals surface area (Å²) >= 11 is 0. The van der Waals surface area contributed by atoms with Crippen molar-refractivity contribution >= 4 is 17.8 Å². The molecular weight excluding hydrogens is 372 g/mol. The van der Waals surface area contributed by atoms with Gasteiger partial charge in [-0.2, -0.15) is 0 Å². The summed E-state index contributed by atoms with van der Waals surface area (Å²) in [6, 6.07) is 11.5. The van der Waals surface area contributed by atoms with Crippen molar-refractivity contribution in [3.05, 3.63) is 53.3 Å². The molecule has 0 spiro atoms. The van der Waals surface area contributed by atoms with E-state index in [-0.39, 0.29) is 23.7 Å². The van der Waals surface area contributed by atoms with Crippen LogP contribution in [0.2, 0.25) is 0 Å². The lowest BCUT2D eigenvalue weighted by Gasteiger charge is -2.29. The van der Waals surface area contributed by atoms with Gasteiger partial charge < -0.3 is 19.3 Å². The zero-order valence-electron chi connectivity index (χ0n) is 16.6. The predicted octanol–water partition coefficient (Wildman–Crippen LogP) is 1.58. The van der Waals surface area contributed by atoms with E-state index in [1.807, 2.05) is 47.1 Å². The van der Waals surface area contributed by atoms with Crippen LogP contribution in [0.5, 0.6) is 0 Å². The molecule has 152 valence electrons. The molecule has 4 rings (SSSR count). The van der Waals surface area contributed by atoms with Crippen LogP contribution in [-0.2, 0) is 20.8 Å². The van der Waals surface area contributed by atoms with E-state index in [9.17, 15) is 9.59 Å². The van der Waals surface area contributed by atoms with Crippen LogP contribution < -0.4 is 4.90 Å². The largest absolute Gasteiger partial charge is 0.464 e. The topological polar surface area (TPSA) is 84.9 Å². The molecule has 0 bridgehead atoms. The van der Waals surface area contributed by atoms with Gasteiger partial charge in [-0.1, -0.05) is 30.3 Å². The predicted molar refractivity (Wildman–Crippen MR) is 105 cm³/mol. The number of benzene rings is 1. The van der Waals surface area contributed by atoms with Gasteiger partial charge in [0, 0.05) is 25.3 Å². The number of methoxy groups -OCH3 is 1. The number of anilines is 1. The van der Waals surface area contributed by atoms with Gasteiger partial charge in [0.2, 0.25) is 11.9 Å². The molecule has 2 fully saturated rings. The molecule has 0 radical (unpaired) electrons. The highest BCUT2D eigenvalue weighted by atomic mass is 16.5. The molecule has 0 unspecified atom stereocenters. The first kappa shape index (κ1) is 19.3. The molecule has 1 aromatic carbocycles. The second kappa shape index (κ2) is 8.16. The SMILES string of the molecule is COC(=O)c1cc(C)nc(N2C[C@@H]3OCCC(=O)N(Cc4ccccc4)[C@H]3C2)n1. The maximum atomic E-state index is 12.8. The van der Waals surface area contributed by atoms with Gasteiger partial charge in [-0.15, -0.1) is 0 Å². The first-order valence-corrected chi connectivity index (χ1v) is 9.69. The van der Waals surface area contributed by atoms with Crippen LogP contribution in [0.1, 0.15) is 28.2 Å². The summed E-state index contributed by atoms with van der Waals surface area (Å²) in [4.78, 5) is 37.4. The lowest BCUT2D eigenvalue weighted by molar-refractivity contribution is -0.133. The molecule has 3 heterocycles. The van der Waals surface area contributed by atoms with Crippen LogP contribution in [0.3, 0.4) is 0 Å². The number of esters is 1. The Morgan fingerprint density at radius 1 is 1.24 bits per heavy atom. The summed E-state index contributed by atoms with van der Waals surface area (Å²) in [6.45, 7) is 3.87. The van der Waals surface area contributed by atoms with Crippen LogP contribution in [0.25, 0.3) is 0 Å². The lowest BCUT2D eigenvalue weighted by atomic mass is 10.1. The number of aromatic nitrogens is 2. The summed E-state index contributed by atoms with van der Waals surface area (Å²) in [5.74, 6) is 0.0418. The van der Waals surface area contributed by atoms with E-state index in [1.165, 1.54) is 7.11 Å². The van der Waals surface area contributed by atoms with E-state index in [1.54, 1.807) is 6.07 Å². The Morgan fingerprint density at radius 3 is 2.79 bits per heavy atom. The number of rotatable bonds is 4. The quantitative estimate of drug-likeness (QED) is 0.726. The molecule has 2 aliphatic heterocycles. The lowest BCUT2D eigenvalue weighted by Crippen LogP contribution is -2.45. The number of hydrogen-bond acceptors (Lipinski definition) is 7. The normalized spacial score (nSPS) is 21.7. The summed E-state index contributed by atoms with van der Waals surface area (Å²) in [7, 11) is 1.33. The van der Waals surface area contributed by atoms with Crippen LogP contribution in [-0.4, -0.2) is 65.7 Å². The zero-order chi connectivity index (χ0) is 20.4. The maximum Gasteiger partial charge on any atom is 0.356 e. The molecule has 1 aromatic heterocycles. The number of ether oxygens (including phenoxy) is 2. The minimum Gasteiger partial charge on any atom is -0.464 e. The fourth-order valence-corrected chi connectivity index (χ4v) is 3.90. The number of carbonyl (C=O) groups is 2. The highest BCUT2D eigenvalue weighted by Gasteiger charge is 2.42. The smallest absolute Gasteiger partial charge is 0.356 e. The molecule has 2 saturated heterocycles. The van der Waals surface area contributed by atoms with E-state index in [2.05, 4.69) is 9.97 Å². The molecule has 29 heavy (non-hydrogen) atoms. The molecule has 2 aromatic rings. The minimum absolute atomic E-state index is 0.0867. The number of fused-ring (bicyclic) bond motifs is 1. The number of amides is 1. The summed E-state index contributed by atoms with van der Waals surface area (Å²) < 4.78 is 10.8. The second-order valence-corrected chi connectivity index (χ2v) is 7.32. The first-order valence-electron chi connectivity index (χ1n) is 9.69. The average Bonchev–Trinajstić information content (AvgIpc) is 3.09. The van der Waals surface area contributed by atoms with E-state index in [4.69, 9.17) is 9.47 Å². The fraction of sp³-hybridized carbons (Fsp3) is 0.429. The van der Waals surface area contributed by atoms with Crippen LogP contribution in [0.15, 0.2) is 36.4 Å². The molecule has 8 heteroatoms. The van der Waals surface area contributed by atoms with Gasteiger partial charge in [-0.05, 0) is 18.6 Å². The average molecular weight is 396 g/mol. The highest BCUT2D eigenvalue weighted by Crippen LogP contribution is 2.27. The van der Waals surface area contributed by atoms with E-state index in [0.29, 0.717) is 44.3 Å². The summed E-state index contributed by atoms with van der Waals surface area (Å²) in [6.07, 6.45) is 0.253. The molecule has 8 nitrogen and oxygen atoms in total. The van der Waals surface area contributed by atoms with Crippen molar-refractivity contribution in [1.82, 2.24) is 14.9 Å². The Bertz CT molecular complexity index is 905. The maximum absolute atomic E-state index is 12.8. The van der Waals surface area contributed by atoms with Gasteiger partial charge in [0.15, 0.2) is 5.69 Å². The van der Waals surface area contributed by atoms with E-state index < -0.39 is 5.97 Å². The molecular formula is C21H24N4O4. The van der Waals surface area contributed by atoms with Crippen molar-refractivity contribution in [2.75, 3.05) is 31.7 Å². The first-order chi connectivity index (χ1) is 14.0. The monoisotopic (exact) mass is 396 g/mol. The third-order valence-electron chi connectivity index (χ3n) is 5.32. The van der Waals surface area contributed by atoms with Gasteiger partial charge in [-0.3, -0.25) is 4.79 Å². The van der Waals surface area contributed by atoms with E-state index in [0.717, 1.165) is 5.56 Å². The van der Waals surface area contributed by atoms with E-state index >= 15 is 0 Å². The van der Waals surface area contributed by atoms with Crippen LogP contribution >= 0.6 is 0 Å². The molecule has 1 amide bonds. The highest BCUT2D eigenvalue weighted by molar-refractivity contribution is 5.87. The van der Waals surface area contributed by atoms with Crippen molar-refractivity contribution in [3.8, 4) is 0 Å².